The Labute approximate surface area is 96.1 Å². The Morgan fingerprint density at radius 2 is 2.38 bits per heavy atom. The molecule has 0 aliphatic heterocycles. The Balaban J connectivity index is 2.17. The summed E-state index contributed by atoms with van der Waals surface area (Å²) in [6.45, 7) is 1.71. The van der Waals surface area contributed by atoms with Crippen molar-refractivity contribution in [2.24, 2.45) is 0 Å². The molecule has 0 aromatic carbocycles. The van der Waals surface area contributed by atoms with Gasteiger partial charge in [-0.2, -0.15) is 0 Å². The van der Waals surface area contributed by atoms with Crippen LogP contribution in [0.4, 0.5) is 5.69 Å². The van der Waals surface area contributed by atoms with E-state index >= 15 is 0 Å². The summed E-state index contributed by atoms with van der Waals surface area (Å²) in [6, 6.07) is 3.32. The maximum Gasteiger partial charge on any atom is 0.295 e. The third-order valence-corrected chi connectivity index (χ3v) is 2.11. The summed E-state index contributed by atoms with van der Waals surface area (Å²) < 4.78 is 0. The van der Waals surface area contributed by atoms with Gasteiger partial charge in [-0.1, -0.05) is 11.6 Å². The zero-order chi connectivity index (χ0) is 11.5. The molecule has 0 bridgehead atoms. The Bertz CT molecular complexity index is 524. The number of nitrogens with one attached hydrogen (secondary N) is 2. The normalized spacial score (nSPS) is 10.1. The van der Waals surface area contributed by atoms with Crippen molar-refractivity contribution in [2.75, 3.05) is 5.32 Å². The van der Waals surface area contributed by atoms with Crippen LogP contribution in [0.15, 0.2) is 18.3 Å². The highest BCUT2D eigenvalue weighted by molar-refractivity contribution is 6.32. The van der Waals surface area contributed by atoms with Crippen molar-refractivity contribution < 1.29 is 4.79 Å². The molecule has 2 heterocycles. The van der Waals surface area contributed by atoms with Crippen molar-refractivity contribution in [2.45, 2.75) is 6.92 Å². The smallest absolute Gasteiger partial charge is 0.295 e. The van der Waals surface area contributed by atoms with Gasteiger partial charge in [0.1, 0.15) is 5.82 Å². The summed E-state index contributed by atoms with van der Waals surface area (Å²) in [5.74, 6) is 0.208. The zero-order valence-corrected chi connectivity index (χ0v) is 9.12. The van der Waals surface area contributed by atoms with Gasteiger partial charge < -0.3 is 5.32 Å². The molecule has 0 radical (unpaired) electrons. The van der Waals surface area contributed by atoms with Gasteiger partial charge in [-0.3, -0.25) is 9.89 Å². The fourth-order valence-corrected chi connectivity index (χ4v) is 1.27. The second-order valence-electron chi connectivity index (χ2n) is 3.04. The number of hydrogen-bond acceptors (Lipinski definition) is 4. The van der Waals surface area contributed by atoms with Gasteiger partial charge in [-0.25, -0.2) is 9.97 Å². The summed E-state index contributed by atoms with van der Waals surface area (Å²) in [5.41, 5.74) is 0.427. The van der Waals surface area contributed by atoms with Crippen molar-refractivity contribution in [1.82, 2.24) is 20.2 Å². The Morgan fingerprint density at radius 3 is 3.00 bits per heavy atom. The number of carbonyl (C=O) groups excluding carboxylic acids is 1. The van der Waals surface area contributed by atoms with E-state index in [0.29, 0.717) is 11.5 Å². The number of H-pyrrole nitrogens is 1. The van der Waals surface area contributed by atoms with E-state index in [1.807, 2.05) is 0 Å². The molecular formula is C9H8ClN5O. The van der Waals surface area contributed by atoms with Crippen molar-refractivity contribution in [3.05, 3.63) is 35.1 Å². The summed E-state index contributed by atoms with van der Waals surface area (Å²) in [7, 11) is 0. The largest absolute Gasteiger partial charge is 0.317 e. The molecule has 2 aromatic rings. The minimum atomic E-state index is -0.431. The second kappa shape index (κ2) is 4.28. The molecule has 1 amide bonds. The number of carbonyl (C=O) groups is 1. The molecule has 0 spiro atoms. The number of hydrogen-bond donors (Lipinski definition) is 2. The van der Waals surface area contributed by atoms with Gasteiger partial charge in [0.05, 0.1) is 5.69 Å². The van der Waals surface area contributed by atoms with E-state index in [0.717, 1.165) is 0 Å². The van der Waals surface area contributed by atoms with Gasteiger partial charge in [0.15, 0.2) is 5.15 Å². The first-order valence-electron chi connectivity index (χ1n) is 4.47. The van der Waals surface area contributed by atoms with Crippen LogP contribution in [0.3, 0.4) is 0 Å². The van der Waals surface area contributed by atoms with Crippen LogP contribution in [0.1, 0.15) is 16.4 Å². The minimum absolute atomic E-state index is 0.0671. The zero-order valence-electron chi connectivity index (χ0n) is 8.36. The van der Waals surface area contributed by atoms with Crippen LogP contribution in [0.25, 0.3) is 0 Å². The minimum Gasteiger partial charge on any atom is -0.317 e. The fourth-order valence-electron chi connectivity index (χ4n) is 1.10. The highest BCUT2D eigenvalue weighted by Crippen LogP contribution is 2.17. The van der Waals surface area contributed by atoms with E-state index in [1.54, 1.807) is 19.1 Å². The number of aromatic amines is 1. The highest BCUT2D eigenvalue weighted by Gasteiger charge is 2.12. The van der Waals surface area contributed by atoms with Crippen LogP contribution in [-0.4, -0.2) is 26.1 Å². The molecule has 0 aliphatic rings. The maximum atomic E-state index is 11.6. The van der Waals surface area contributed by atoms with Crippen molar-refractivity contribution in [1.29, 1.82) is 0 Å². The monoisotopic (exact) mass is 237 g/mol. The Hall–Kier alpha value is -1.95. The Morgan fingerprint density at radius 1 is 1.56 bits per heavy atom. The second-order valence-corrected chi connectivity index (χ2v) is 3.40. The van der Waals surface area contributed by atoms with E-state index in [9.17, 15) is 4.79 Å². The molecule has 0 unspecified atom stereocenters. The first-order valence-corrected chi connectivity index (χ1v) is 4.85. The van der Waals surface area contributed by atoms with Crippen molar-refractivity contribution in [3.8, 4) is 0 Å². The molecule has 2 rings (SSSR count). The molecular weight excluding hydrogens is 230 g/mol. The molecule has 2 aromatic heterocycles. The first-order chi connectivity index (χ1) is 7.66. The third-order valence-electron chi connectivity index (χ3n) is 1.81. The van der Waals surface area contributed by atoms with Crippen LogP contribution in [-0.2, 0) is 0 Å². The lowest BCUT2D eigenvalue weighted by Crippen LogP contribution is -2.14. The molecule has 6 nitrogen and oxygen atoms in total. The van der Waals surface area contributed by atoms with E-state index in [2.05, 4.69) is 25.5 Å². The van der Waals surface area contributed by atoms with Crippen molar-refractivity contribution >= 4 is 23.2 Å². The number of nitrogens with zero attached hydrogens (tertiary/aromatic N) is 3. The van der Waals surface area contributed by atoms with Crippen LogP contribution < -0.4 is 5.32 Å². The van der Waals surface area contributed by atoms with Gasteiger partial charge in [0.25, 0.3) is 5.91 Å². The van der Waals surface area contributed by atoms with Crippen LogP contribution in [0.2, 0.25) is 5.15 Å². The lowest BCUT2D eigenvalue weighted by atomic mass is 10.4. The van der Waals surface area contributed by atoms with Gasteiger partial charge in [-0.15, -0.1) is 5.10 Å². The quantitative estimate of drug-likeness (QED) is 0.774. The summed E-state index contributed by atoms with van der Waals surface area (Å²) >= 11 is 5.79. The SMILES string of the molecule is Cc1nc(C(=O)Nc2cccnc2Cl)n[nH]1. The van der Waals surface area contributed by atoms with E-state index in [-0.39, 0.29) is 11.0 Å². The average Bonchev–Trinajstić information content (AvgIpc) is 2.68. The van der Waals surface area contributed by atoms with E-state index < -0.39 is 5.91 Å². The number of aryl methyl sites for hydroxylation is 1. The predicted octanol–water partition coefficient (Wildman–Crippen LogP) is 1.41. The standard InChI is InChI=1S/C9H8ClN5O/c1-5-12-8(15-14-5)9(16)13-6-3-2-4-11-7(6)10/h2-4H,1H3,(H,13,16)(H,12,14,15). The molecule has 0 saturated carbocycles. The van der Waals surface area contributed by atoms with Crippen LogP contribution >= 0.6 is 11.6 Å². The topological polar surface area (TPSA) is 83.6 Å². The number of pyridine rings is 1. The first kappa shape index (κ1) is 10.6. The molecule has 7 heteroatoms. The molecule has 0 fully saturated rings. The molecule has 0 saturated heterocycles. The average molecular weight is 238 g/mol. The molecule has 0 aliphatic carbocycles. The summed E-state index contributed by atoms with van der Waals surface area (Å²) in [5, 5.41) is 9.10. The number of aromatic nitrogens is 4. The lowest BCUT2D eigenvalue weighted by molar-refractivity contribution is 0.101. The lowest BCUT2D eigenvalue weighted by Gasteiger charge is -2.02. The summed E-state index contributed by atoms with van der Waals surface area (Å²) in [6.07, 6.45) is 1.54. The third kappa shape index (κ3) is 2.17. The fraction of sp³-hybridized carbons (Fsp3) is 0.111. The van der Waals surface area contributed by atoms with Gasteiger partial charge >= 0.3 is 0 Å². The predicted molar refractivity (Wildman–Crippen MR) is 58.3 cm³/mol. The summed E-state index contributed by atoms with van der Waals surface area (Å²) in [4.78, 5) is 19.4. The molecule has 0 atom stereocenters. The number of rotatable bonds is 2. The van der Waals surface area contributed by atoms with Gasteiger partial charge in [0, 0.05) is 6.20 Å². The number of halogens is 1. The Kier molecular flexibility index (Phi) is 2.82. The van der Waals surface area contributed by atoms with Gasteiger partial charge in [-0.05, 0) is 19.1 Å². The molecule has 2 N–H and O–H groups in total. The number of anilines is 1. The highest BCUT2D eigenvalue weighted by atomic mass is 35.5. The van der Waals surface area contributed by atoms with E-state index in [4.69, 9.17) is 11.6 Å². The number of amides is 1. The van der Waals surface area contributed by atoms with Gasteiger partial charge in [0.2, 0.25) is 5.82 Å². The van der Waals surface area contributed by atoms with Crippen LogP contribution in [0, 0.1) is 6.92 Å². The molecule has 16 heavy (non-hydrogen) atoms. The van der Waals surface area contributed by atoms with E-state index in [1.165, 1.54) is 6.20 Å². The molecule has 82 valence electrons. The van der Waals surface area contributed by atoms with Crippen molar-refractivity contribution in [3.63, 3.8) is 0 Å². The maximum absolute atomic E-state index is 11.6. The van der Waals surface area contributed by atoms with Crippen LogP contribution in [0.5, 0.6) is 0 Å².